The van der Waals surface area contributed by atoms with Crippen molar-refractivity contribution in [3.63, 3.8) is 0 Å². The maximum Gasteiger partial charge on any atom is 0.419 e. The van der Waals surface area contributed by atoms with E-state index in [9.17, 15) is 27.5 Å². The van der Waals surface area contributed by atoms with Gasteiger partial charge in [0.15, 0.2) is 5.60 Å². The first kappa shape index (κ1) is 22.3. The summed E-state index contributed by atoms with van der Waals surface area (Å²) in [5.74, 6) is -0.200. The molecule has 3 aromatic rings. The number of hydrogen-bond donors (Lipinski definition) is 1. The second-order valence-corrected chi connectivity index (χ2v) is 8.81. The van der Waals surface area contributed by atoms with Crippen molar-refractivity contribution in [1.29, 1.82) is 0 Å². The minimum Gasteiger partial charge on any atom is -0.493 e. The Morgan fingerprint density at radius 3 is 2.62 bits per heavy atom. The van der Waals surface area contributed by atoms with Crippen LogP contribution in [-0.2, 0) is 18.4 Å². The molecule has 0 aliphatic carbocycles. The SMILES string of the molecule is CC(C)(CC(O)(Cn1ncc(=O)c2ccccc21)C(F)(F)F)c1cc(F)cc2c1OCC2. The van der Waals surface area contributed by atoms with E-state index in [0.717, 1.165) is 16.9 Å². The van der Waals surface area contributed by atoms with Crippen molar-refractivity contribution in [2.45, 2.75) is 50.4 Å². The number of benzene rings is 2. The Hall–Kier alpha value is -2.94. The van der Waals surface area contributed by atoms with E-state index in [2.05, 4.69) is 5.10 Å². The highest BCUT2D eigenvalue weighted by Crippen LogP contribution is 2.46. The second kappa shape index (κ2) is 7.58. The van der Waals surface area contributed by atoms with Crippen molar-refractivity contribution >= 4 is 10.9 Å². The van der Waals surface area contributed by atoms with Crippen LogP contribution in [0, 0.1) is 5.82 Å². The number of para-hydroxylation sites is 1. The standard InChI is InChI=1S/C23H22F4N2O3/c1-21(2,17-10-15(24)9-14-7-8-32-20(14)17)12-22(31,23(25,26)27)13-29-18-6-4-3-5-16(18)19(30)11-28-29/h3-6,9-11,31H,7-8,12-13H2,1-2H3. The molecule has 0 saturated heterocycles. The Morgan fingerprint density at radius 2 is 1.91 bits per heavy atom. The number of halogens is 4. The van der Waals surface area contributed by atoms with E-state index >= 15 is 0 Å². The number of alkyl halides is 3. The summed E-state index contributed by atoms with van der Waals surface area (Å²) in [6, 6.07) is 8.60. The first-order valence-electron chi connectivity index (χ1n) is 10.1. The van der Waals surface area contributed by atoms with Gasteiger partial charge < -0.3 is 9.84 Å². The Labute approximate surface area is 181 Å². The molecule has 1 aromatic heterocycles. The number of rotatable bonds is 5. The summed E-state index contributed by atoms with van der Waals surface area (Å²) < 4.78 is 63.4. The lowest BCUT2D eigenvalue weighted by Gasteiger charge is -2.38. The van der Waals surface area contributed by atoms with Gasteiger partial charge in [-0.1, -0.05) is 26.0 Å². The molecule has 1 aliphatic rings. The maximum atomic E-state index is 14.2. The van der Waals surface area contributed by atoms with Crippen molar-refractivity contribution in [2.75, 3.05) is 6.61 Å². The van der Waals surface area contributed by atoms with Gasteiger partial charge in [0.05, 0.1) is 24.9 Å². The average molecular weight is 450 g/mol. The van der Waals surface area contributed by atoms with Crippen molar-refractivity contribution in [3.05, 3.63) is 69.8 Å². The van der Waals surface area contributed by atoms with Crippen molar-refractivity contribution in [1.82, 2.24) is 9.78 Å². The fourth-order valence-electron chi connectivity index (χ4n) is 4.38. The van der Waals surface area contributed by atoms with Crippen LogP contribution in [0.5, 0.6) is 5.75 Å². The maximum absolute atomic E-state index is 14.2. The van der Waals surface area contributed by atoms with Crippen LogP contribution in [0.3, 0.4) is 0 Å². The van der Waals surface area contributed by atoms with E-state index in [1.54, 1.807) is 12.1 Å². The minimum absolute atomic E-state index is 0.176. The van der Waals surface area contributed by atoms with Crippen molar-refractivity contribution < 1.29 is 27.4 Å². The van der Waals surface area contributed by atoms with Gasteiger partial charge in [-0.2, -0.15) is 18.3 Å². The number of aromatic nitrogens is 2. The van der Waals surface area contributed by atoms with Gasteiger partial charge in [0.25, 0.3) is 0 Å². The van der Waals surface area contributed by atoms with Crippen LogP contribution < -0.4 is 10.2 Å². The minimum atomic E-state index is -5.02. The van der Waals surface area contributed by atoms with Crippen LogP contribution in [0.4, 0.5) is 17.6 Å². The van der Waals surface area contributed by atoms with Gasteiger partial charge in [0.2, 0.25) is 5.43 Å². The Balaban J connectivity index is 1.77. The summed E-state index contributed by atoms with van der Waals surface area (Å²) in [6.45, 7) is 2.41. The smallest absolute Gasteiger partial charge is 0.419 e. The molecule has 1 aliphatic heterocycles. The van der Waals surface area contributed by atoms with E-state index in [-0.39, 0.29) is 16.5 Å². The van der Waals surface area contributed by atoms with Crippen LogP contribution in [0.2, 0.25) is 0 Å². The average Bonchev–Trinajstić information content (AvgIpc) is 3.16. The quantitative estimate of drug-likeness (QED) is 0.594. The lowest BCUT2D eigenvalue weighted by molar-refractivity contribution is -0.272. The summed E-state index contributed by atoms with van der Waals surface area (Å²) in [4.78, 5) is 12.0. The third kappa shape index (κ3) is 3.85. The fourth-order valence-corrected chi connectivity index (χ4v) is 4.38. The molecule has 0 amide bonds. The number of aliphatic hydroxyl groups is 1. The summed E-state index contributed by atoms with van der Waals surface area (Å²) in [5, 5.41) is 15.0. The largest absolute Gasteiger partial charge is 0.493 e. The molecule has 9 heteroatoms. The first-order chi connectivity index (χ1) is 14.9. The molecule has 0 fully saturated rings. The topological polar surface area (TPSA) is 64.3 Å². The Bertz CT molecular complexity index is 1240. The monoisotopic (exact) mass is 450 g/mol. The highest BCUT2D eigenvalue weighted by molar-refractivity contribution is 5.77. The molecule has 170 valence electrons. The normalized spacial score (nSPS) is 16.0. The van der Waals surface area contributed by atoms with Gasteiger partial charge in [0.1, 0.15) is 11.6 Å². The molecule has 32 heavy (non-hydrogen) atoms. The predicted octanol–water partition coefficient (Wildman–Crippen LogP) is 4.13. The molecular weight excluding hydrogens is 428 g/mol. The number of nitrogens with zero attached hydrogens (tertiary/aromatic N) is 2. The van der Waals surface area contributed by atoms with Gasteiger partial charge >= 0.3 is 6.18 Å². The van der Waals surface area contributed by atoms with Gasteiger partial charge in [-0.05, 0) is 36.1 Å². The Morgan fingerprint density at radius 1 is 1.19 bits per heavy atom. The van der Waals surface area contributed by atoms with E-state index in [1.165, 1.54) is 32.0 Å². The molecule has 0 saturated carbocycles. The fraction of sp³-hybridized carbons (Fsp3) is 0.391. The van der Waals surface area contributed by atoms with E-state index in [4.69, 9.17) is 4.74 Å². The van der Waals surface area contributed by atoms with Crippen molar-refractivity contribution in [3.8, 4) is 5.75 Å². The summed E-state index contributed by atoms with van der Waals surface area (Å²) in [5.41, 5.74) is -3.90. The molecule has 1 atom stereocenters. The number of fused-ring (bicyclic) bond motifs is 2. The molecule has 0 spiro atoms. The molecule has 2 aromatic carbocycles. The summed E-state index contributed by atoms with van der Waals surface area (Å²) >= 11 is 0. The molecule has 0 bridgehead atoms. The van der Waals surface area contributed by atoms with Gasteiger partial charge in [-0.25, -0.2) is 4.39 Å². The lowest BCUT2D eigenvalue weighted by Crippen LogP contribution is -2.52. The third-order valence-corrected chi connectivity index (χ3v) is 5.91. The molecule has 1 N–H and O–H groups in total. The number of hydrogen-bond acceptors (Lipinski definition) is 4. The zero-order valence-electron chi connectivity index (χ0n) is 17.5. The van der Waals surface area contributed by atoms with Crippen molar-refractivity contribution in [2.24, 2.45) is 0 Å². The number of ether oxygens (including phenoxy) is 1. The van der Waals surface area contributed by atoms with Crippen LogP contribution >= 0.6 is 0 Å². The van der Waals surface area contributed by atoms with E-state index < -0.39 is 41.4 Å². The third-order valence-electron chi connectivity index (χ3n) is 5.91. The molecule has 2 heterocycles. The second-order valence-electron chi connectivity index (χ2n) is 8.81. The molecule has 1 unspecified atom stereocenters. The van der Waals surface area contributed by atoms with Gasteiger partial charge in [-0.3, -0.25) is 9.48 Å². The molecule has 0 radical (unpaired) electrons. The Kier molecular flexibility index (Phi) is 5.27. The molecular formula is C23H22F4N2O3. The summed E-state index contributed by atoms with van der Waals surface area (Å²) in [7, 11) is 0. The zero-order valence-corrected chi connectivity index (χ0v) is 17.5. The van der Waals surface area contributed by atoms with Crippen LogP contribution in [0.25, 0.3) is 10.9 Å². The van der Waals surface area contributed by atoms with E-state index in [1.807, 2.05) is 0 Å². The van der Waals surface area contributed by atoms with Gasteiger partial charge in [-0.15, -0.1) is 0 Å². The molecule has 4 rings (SSSR count). The first-order valence-corrected chi connectivity index (χ1v) is 10.1. The van der Waals surface area contributed by atoms with E-state index in [0.29, 0.717) is 24.3 Å². The highest BCUT2D eigenvalue weighted by atomic mass is 19.4. The predicted molar refractivity (Wildman–Crippen MR) is 110 cm³/mol. The lowest BCUT2D eigenvalue weighted by atomic mass is 9.74. The van der Waals surface area contributed by atoms with Crippen LogP contribution in [0.15, 0.2) is 47.4 Å². The molecule has 5 nitrogen and oxygen atoms in total. The van der Waals surface area contributed by atoms with Gasteiger partial charge in [0, 0.05) is 22.9 Å². The zero-order chi connectivity index (χ0) is 23.3. The summed E-state index contributed by atoms with van der Waals surface area (Å²) in [6.07, 6.45) is -4.40. The highest BCUT2D eigenvalue weighted by Gasteiger charge is 2.57. The van der Waals surface area contributed by atoms with Crippen LogP contribution in [-0.4, -0.2) is 33.3 Å². The van der Waals surface area contributed by atoms with Crippen LogP contribution in [0.1, 0.15) is 31.4 Å².